The van der Waals surface area contributed by atoms with Crippen LogP contribution in [-0.4, -0.2) is 192 Å². The monoisotopic (exact) mass is 1800 g/mol. The van der Waals surface area contributed by atoms with E-state index in [0.717, 1.165) is 184 Å². The molecule has 0 atom stereocenters. The fourth-order valence-corrected chi connectivity index (χ4v) is 28.2. The lowest BCUT2D eigenvalue weighted by molar-refractivity contribution is -0.384. The van der Waals surface area contributed by atoms with Crippen LogP contribution in [0.25, 0.3) is 22.1 Å². The molecule has 4 aromatic heterocycles. The molecule has 3 aliphatic heterocycles. The minimum absolute atomic E-state index is 0.0481. The van der Waals surface area contributed by atoms with Gasteiger partial charge in [-0.1, -0.05) is 88.5 Å². The second kappa shape index (κ2) is 33.8. The van der Waals surface area contributed by atoms with Crippen molar-refractivity contribution in [1.29, 1.82) is 0 Å². The van der Waals surface area contributed by atoms with E-state index in [9.17, 15) is 46.7 Å². The number of nitro groups is 2. The van der Waals surface area contributed by atoms with Gasteiger partial charge in [0.1, 0.15) is 57.2 Å². The summed E-state index contributed by atoms with van der Waals surface area (Å²) in [5.74, 6) is -1.45. The topological polar surface area (TPSA) is 305 Å². The first kappa shape index (κ1) is 87.4. The lowest BCUT2D eigenvalue weighted by Gasteiger charge is -2.70. The third-order valence-corrected chi connectivity index (χ3v) is 35.1. The number of pyridine rings is 2. The number of benzene rings is 4. The zero-order chi connectivity index (χ0) is 88.3. The Hall–Kier alpha value is -8.96. The molecule has 12 fully saturated rings. The van der Waals surface area contributed by atoms with Crippen molar-refractivity contribution in [2.75, 3.05) is 130 Å². The number of likely N-dealkylation sites (tertiary alicyclic amines) is 1. The van der Waals surface area contributed by atoms with E-state index in [0.29, 0.717) is 74.3 Å². The molecule has 9 saturated carbocycles. The van der Waals surface area contributed by atoms with Gasteiger partial charge in [-0.05, 0) is 227 Å². The zero-order valence-corrected chi connectivity index (χ0v) is 76.8. The molecule has 2 spiro atoms. The predicted octanol–water partition coefficient (Wildman–Crippen LogP) is 19.9. The Morgan fingerprint density at radius 2 is 0.945 bits per heavy atom. The first-order chi connectivity index (χ1) is 60.7. The van der Waals surface area contributed by atoms with Crippen LogP contribution in [0, 0.1) is 58.6 Å². The second-order valence-corrected chi connectivity index (χ2v) is 47.3. The van der Waals surface area contributed by atoms with Gasteiger partial charge in [-0.3, -0.25) is 39.6 Å². The summed E-state index contributed by atoms with van der Waals surface area (Å²) in [6.07, 6.45) is 35.6. The van der Waals surface area contributed by atoms with E-state index in [-0.39, 0.29) is 64.9 Å². The third-order valence-electron chi connectivity index (χ3n) is 31.0. The largest absolute Gasteiger partial charge is 0.455 e. The van der Waals surface area contributed by atoms with Crippen LogP contribution in [0.3, 0.4) is 0 Å². The first-order valence-electron chi connectivity index (χ1n) is 46.2. The SMILES string of the molecule is CC1(C)CCC(CN2CCN(c3ccc(C(=O)CS(=O)(=O)c4ccc(NCC5CC6(CCCCC6)C5)c([N+](=O)[O-])c4)c(Oc4cnc5[nH]ccc5c4)c3)CC2)=C(C23CC(Cl)(C2)C3)C1.CC1(C)CCC(CN2CCN(c3ccc(C(=O)CS(=O)(=O)c4ccc(NCCN5CC6(CCCCC6)C5)c([N+](=O)[O-])c4)c(Oc4cnc5[nH]ccc5c4)c3)CC2)=C(C23CC(Cl)(C2)C3)C1. The van der Waals surface area contributed by atoms with E-state index in [1.54, 1.807) is 59.2 Å². The standard InChI is InChI=1S/C49H60ClN7O6S.C49H59ClN6O6S/c1-46(2)14-10-35(40(25-46)48-29-49(50,30-48)31-48)27-54-18-20-56(21-19-54)36-6-8-39(44(23-36)63-37-22-34-11-15-52-45(34)53-26-37)43(58)28-64(61,62)38-7-9-41(42(24-38)57(59)60)51-16-17-55-32-47(33-55)12-4-3-5-13-47;1-46(2)14-10-35(40(25-46)48-30-49(50,31-48)32-48)28-54-16-18-55(19-17-54)36-6-8-39(44(21-36)62-37-20-34-11-15-51-45(34)53-27-37)43(57)29-63(60,61)38-7-9-41(42(22-38)56(58)59)52-26-33-23-47(24-33)12-4-3-5-13-47/h6-9,11,15,22-24,26,51H,3-5,10,12-14,16-21,25,27-33H2,1-2H3,(H,52,53);6-9,11,15,20-22,27,33,52H,3-5,10,12-14,16-19,23-26,28-32H2,1-2H3,(H,51,53). The average molecular weight is 1810 g/mol. The van der Waals surface area contributed by atoms with Crippen molar-refractivity contribution in [3.8, 4) is 23.0 Å². The van der Waals surface area contributed by atoms with Crippen LogP contribution in [0.1, 0.15) is 203 Å². The molecule has 4 bridgehead atoms. The smallest absolute Gasteiger partial charge is 0.293 e. The van der Waals surface area contributed by atoms with Gasteiger partial charge in [0, 0.05) is 167 Å². The number of anilines is 4. The number of nitro benzene ring substituents is 2. The summed E-state index contributed by atoms with van der Waals surface area (Å²) in [7, 11) is -8.57. The number of hydrogen-bond acceptors (Lipinski definition) is 21. The summed E-state index contributed by atoms with van der Waals surface area (Å²) in [6, 6.07) is 25.7. The number of carbonyl (C=O) groups excluding carboxylic acids is 2. The van der Waals surface area contributed by atoms with E-state index in [1.165, 1.54) is 114 Å². The van der Waals surface area contributed by atoms with Crippen molar-refractivity contribution < 1.29 is 45.7 Å². The van der Waals surface area contributed by atoms with Gasteiger partial charge in [0.05, 0.1) is 43.2 Å². The summed E-state index contributed by atoms with van der Waals surface area (Å²) in [4.78, 5) is 78.2. The van der Waals surface area contributed by atoms with Gasteiger partial charge >= 0.3 is 0 Å². The van der Waals surface area contributed by atoms with Gasteiger partial charge in [-0.25, -0.2) is 26.8 Å². The number of Topliss-reactive ketones (excluding diaryl/α,β-unsaturated/α-hetero) is 2. The van der Waals surface area contributed by atoms with Crippen molar-refractivity contribution in [3.05, 3.63) is 175 Å². The molecule has 0 radical (unpaired) electrons. The molecule has 674 valence electrons. The van der Waals surface area contributed by atoms with Gasteiger partial charge < -0.3 is 44.8 Å². The fraction of sp³-hybridized carbons (Fsp3) is 0.551. The van der Waals surface area contributed by atoms with E-state index in [2.05, 4.69) is 82.8 Å². The lowest BCUT2D eigenvalue weighted by Crippen LogP contribution is -2.65. The Kier molecular flexibility index (Phi) is 23.2. The molecule has 4 aromatic carbocycles. The van der Waals surface area contributed by atoms with Crippen LogP contribution in [0.2, 0.25) is 0 Å². The van der Waals surface area contributed by atoms with Crippen LogP contribution < -0.4 is 29.9 Å². The number of hydrogen-bond donors (Lipinski definition) is 4. The molecule has 0 unspecified atom stereocenters. The first-order valence-corrected chi connectivity index (χ1v) is 50.3. The number of nitrogens with zero attached hydrogens (tertiary/aromatic N) is 9. The lowest BCUT2D eigenvalue weighted by atomic mass is 9.39. The van der Waals surface area contributed by atoms with Crippen molar-refractivity contribution in [2.45, 2.75) is 201 Å². The highest BCUT2D eigenvalue weighted by atomic mass is 35.5. The van der Waals surface area contributed by atoms with Crippen LogP contribution >= 0.6 is 23.2 Å². The number of H-pyrrole nitrogens is 2. The van der Waals surface area contributed by atoms with E-state index < -0.39 is 52.6 Å². The maximum absolute atomic E-state index is 14.1. The number of aromatic amines is 2. The molecular formula is C98H119Cl2N13O12S2. The average Bonchev–Trinajstić information content (AvgIpc) is 0.909. The number of ether oxygens (including phenoxy) is 2. The van der Waals surface area contributed by atoms with E-state index >= 15 is 0 Å². The van der Waals surface area contributed by atoms with E-state index in [4.69, 9.17) is 32.7 Å². The highest BCUT2D eigenvalue weighted by Gasteiger charge is 2.70. The number of piperazine rings is 2. The highest BCUT2D eigenvalue weighted by molar-refractivity contribution is 7.92. The zero-order valence-electron chi connectivity index (χ0n) is 73.6. The van der Waals surface area contributed by atoms with Gasteiger partial charge in [0.2, 0.25) is 0 Å². The molecule has 127 heavy (non-hydrogen) atoms. The molecule has 14 aliphatic rings. The Morgan fingerprint density at radius 3 is 1.37 bits per heavy atom. The molecule has 3 saturated heterocycles. The molecule has 7 heterocycles. The maximum Gasteiger partial charge on any atom is 0.293 e. The Bertz CT molecular complexity index is 5900. The van der Waals surface area contributed by atoms with Gasteiger partial charge in [-0.2, -0.15) is 0 Å². The van der Waals surface area contributed by atoms with Crippen molar-refractivity contribution >= 4 is 111 Å². The van der Waals surface area contributed by atoms with E-state index in [1.807, 2.05) is 48.5 Å². The van der Waals surface area contributed by atoms with Crippen molar-refractivity contribution in [2.24, 2.45) is 38.4 Å². The molecule has 0 amide bonds. The third kappa shape index (κ3) is 18.2. The number of ketones is 2. The summed E-state index contributed by atoms with van der Waals surface area (Å²) >= 11 is 13.5. The Balaban J connectivity index is 0.000000166. The molecular weight excluding hydrogens is 1690 g/mol. The molecule has 4 N–H and O–H groups in total. The van der Waals surface area contributed by atoms with Crippen LogP contribution in [-0.2, 0) is 19.7 Å². The molecule has 29 heteroatoms. The number of fused-ring (bicyclic) bond motifs is 2. The summed E-state index contributed by atoms with van der Waals surface area (Å²) in [6.45, 7) is 22.2. The normalized spacial score (nSPS) is 25.5. The minimum Gasteiger partial charge on any atom is -0.455 e. The van der Waals surface area contributed by atoms with Gasteiger partial charge in [-0.15, -0.1) is 23.2 Å². The van der Waals surface area contributed by atoms with Gasteiger partial charge in [0.25, 0.3) is 11.4 Å². The number of sulfone groups is 2. The number of allylic oxidation sites excluding steroid dienone is 2. The van der Waals surface area contributed by atoms with Crippen molar-refractivity contribution in [3.63, 3.8) is 0 Å². The second-order valence-electron chi connectivity index (χ2n) is 41.7. The number of carbonyl (C=O) groups is 2. The Morgan fingerprint density at radius 1 is 0.520 bits per heavy atom. The molecule has 11 aliphatic carbocycles. The molecule has 8 aromatic rings. The van der Waals surface area contributed by atoms with Crippen LogP contribution in [0.15, 0.2) is 154 Å². The Labute approximate surface area is 754 Å². The quantitative estimate of drug-likeness (QED) is 0.0111. The summed E-state index contributed by atoms with van der Waals surface area (Å²) < 4.78 is 68.3. The summed E-state index contributed by atoms with van der Waals surface area (Å²) in [5, 5.41) is 32.5. The summed E-state index contributed by atoms with van der Waals surface area (Å²) in [5.41, 5.74) is 12.0. The molecule has 22 rings (SSSR count). The van der Waals surface area contributed by atoms with Crippen LogP contribution in [0.4, 0.5) is 34.1 Å². The predicted molar refractivity (Wildman–Crippen MR) is 498 cm³/mol. The minimum atomic E-state index is -4.29. The van der Waals surface area contributed by atoms with Crippen LogP contribution in [0.5, 0.6) is 23.0 Å². The number of halogens is 2. The number of aromatic nitrogens is 4. The highest BCUT2D eigenvalue weighted by Crippen LogP contribution is 2.77. The maximum atomic E-state index is 14.1. The number of rotatable bonds is 29. The fourth-order valence-electron chi connectivity index (χ4n) is 24.2. The number of alkyl halides is 2. The molecule has 25 nitrogen and oxygen atoms in total. The number of nitrogens with one attached hydrogen (secondary N) is 4. The van der Waals surface area contributed by atoms with Gasteiger partial charge in [0.15, 0.2) is 31.2 Å². The van der Waals surface area contributed by atoms with Crippen molar-refractivity contribution in [1.82, 2.24) is 34.6 Å².